The zero-order valence-electron chi connectivity index (χ0n) is 13.9. The van der Waals surface area contributed by atoms with E-state index in [1.165, 1.54) is 0 Å². The Bertz CT molecular complexity index is 786. The molecule has 0 aliphatic carbocycles. The smallest absolute Gasteiger partial charge is 0.243 e. The second-order valence-electron chi connectivity index (χ2n) is 5.91. The van der Waals surface area contributed by atoms with Crippen molar-refractivity contribution >= 4 is 10.0 Å². The molecule has 0 amide bonds. The third-order valence-corrected chi connectivity index (χ3v) is 6.15. The number of hydrogen-bond donors (Lipinski definition) is 0. The fraction of sp³-hybridized carbons (Fsp3) is 0.500. The van der Waals surface area contributed by atoms with Gasteiger partial charge in [0.2, 0.25) is 10.0 Å². The van der Waals surface area contributed by atoms with Crippen LogP contribution in [-0.2, 0) is 17.1 Å². The van der Waals surface area contributed by atoms with E-state index in [4.69, 9.17) is 4.74 Å². The molecule has 0 N–H and O–H groups in total. The first kappa shape index (κ1) is 16.9. The van der Waals surface area contributed by atoms with Gasteiger partial charge in [0.05, 0.1) is 11.5 Å². The Balaban J connectivity index is 1.80. The van der Waals surface area contributed by atoms with Crippen LogP contribution in [0.4, 0.5) is 0 Å². The van der Waals surface area contributed by atoms with E-state index in [0.717, 1.165) is 18.7 Å². The Kier molecular flexibility index (Phi) is 4.86. The lowest BCUT2D eigenvalue weighted by atomic mass is 9.99. The summed E-state index contributed by atoms with van der Waals surface area (Å²) in [6.45, 7) is 3.41. The topological polar surface area (TPSA) is 77.3 Å². The molecule has 130 valence electrons. The number of nitrogens with zero attached hydrogens (tertiary/aromatic N) is 4. The Morgan fingerprint density at radius 2 is 2.04 bits per heavy atom. The molecular formula is C16H22N4O3S. The maximum Gasteiger partial charge on any atom is 0.243 e. The van der Waals surface area contributed by atoms with Gasteiger partial charge in [0.25, 0.3) is 0 Å². The first-order valence-electron chi connectivity index (χ1n) is 8.09. The zero-order valence-corrected chi connectivity index (χ0v) is 14.7. The van der Waals surface area contributed by atoms with E-state index < -0.39 is 10.0 Å². The summed E-state index contributed by atoms with van der Waals surface area (Å²) in [5, 5.41) is 8.04. The van der Waals surface area contributed by atoms with Gasteiger partial charge in [0, 0.05) is 26.1 Å². The van der Waals surface area contributed by atoms with Gasteiger partial charge >= 0.3 is 0 Å². The van der Waals surface area contributed by atoms with Crippen LogP contribution in [-0.4, -0.2) is 47.2 Å². The number of benzene rings is 1. The van der Waals surface area contributed by atoms with E-state index >= 15 is 0 Å². The summed E-state index contributed by atoms with van der Waals surface area (Å²) in [6.07, 6.45) is 3.38. The summed E-state index contributed by atoms with van der Waals surface area (Å²) >= 11 is 0. The summed E-state index contributed by atoms with van der Waals surface area (Å²) in [5.41, 5.74) is 0. The Morgan fingerprint density at radius 3 is 2.67 bits per heavy atom. The number of sulfonamides is 1. The monoisotopic (exact) mass is 350 g/mol. The van der Waals surface area contributed by atoms with Crippen molar-refractivity contribution in [1.29, 1.82) is 0 Å². The number of ether oxygens (including phenoxy) is 1. The molecule has 1 saturated heterocycles. The second-order valence-corrected chi connectivity index (χ2v) is 7.84. The maximum atomic E-state index is 12.9. The fourth-order valence-electron chi connectivity index (χ4n) is 3.06. The molecule has 0 radical (unpaired) electrons. The highest BCUT2D eigenvalue weighted by Gasteiger charge is 2.32. The Labute approximate surface area is 142 Å². The number of aryl methyl sites for hydroxylation is 1. The molecule has 1 fully saturated rings. The molecule has 8 heteroatoms. The lowest BCUT2D eigenvalue weighted by molar-refractivity contribution is 0.306. The molecule has 1 aliphatic heterocycles. The zero-order chi connectivity index (χ0) is 17.2. The second kappa shape index (κ2) is 6.90. The predicted octanol–water partition coefficient (Wildman–Crippen LogP) is 1.78. The fourth-order valence-corrected chi connectivity index (χ4v) is 4.58. The van der Waals surface area contributed by atoms with Crippen LogP contribution in [0.5, 0.6) is 5.75 Å². The Morgan fingerprint density at radius 1 is 1.29 bits per heavy atom. The van der Waals surface area contributed by atoms with Gasteiger partial charge in [-0.1, -0.05) is 0 Å². The molecule has 1 atom stereocenters. The molecule has 7 nitrogen and oxygen atoms in total. The third kappa shape index (κ3) is 3.29. The first-order chi connectivity index (χ1) is 11.5. The molecule has 0 unspecified atom stereocenters. The van der Waals surface area contributed by atoms with Crippen LogP contribution in [0.15, 0.2) is 35.5 Å². The largest absolute Gasteiger partial charge is 0.494 e. The van der Waals surface area contributed by atoms with Gasteiger partial charge in [-0.05, 0) is 44.0 Å². The quantitative estimate of drug-likeness (QED) is 0.821. The maximum absolute atomic E-state index is 12.9. The van der Waals surface area contributed by atoms with E-state index in [9.17, 15) is 8.42 Å². The van der Waals surface area contributed by atoms with Crippen LogP contribution in [0.2, 0.25) is 0 Å². The minimum absolute atomic E-state index is 0.0729. The molecule has 0 bridgehead atoms. The summed E-state index contributed by atoms with van der Waals surface area (Å²) in [5.74, 6) is 1.58. The van der Waals surface area contributed by atoms with Crippen molar-refractivity contribution in [2.75, 3.05) is 19.7 Å². The van der Waals surface area contributed by atoms with E-state index in [1.807, 2.05) is 18.5 Å². The van der Waals surface area contributed by atoms with Gasteiger partial charge in [0.15, 0.2) is 0 Å². The van der Waals surface area contributed by atoms with E-state index in [0.29, 0.717) is 30.3 Å². The van der Waals surface area contributed by atoms with Crippen LogP contribution in [0.25, 0.3) is 0 Å². The van der Waals surface area contributed by atoms with Crippen molar-refractivity contribution in [3.05, 3.63) is 36.4 Å². The summed E-state index contributed by atoms with van der Waals surface area (Å²) in [4.78, 5) is 0.296. The molecule has 2 heterocycles. The van der Waals surface area contributed by atoms with E-state index in [1.54, 1.807) is 34.9 Å². The van der Waals surface area contributed by atoms with E-state index in [-0.39, 0.29) is 5.92 Å². The van der Waals surface area contributed by atoms with Gasteiger partial charge in [-0.25, -0.2) is 8.42 Å². The van der Waals surface area contributed by atoms with Crippen LogP contribution in [0.1, 0.15) is 31.5 Å². The minimum atomic E-state index is -3.51. The molecule has 0 saturated carbocycles. The lowest BCUT2D eigenvalue weighted by Gasteiger charge is -2.31. The standard InChI is InChI=1S/C16H22N4O3S/c1-3-23-14-6-8-15(9-7-14)24(21,22)20-10-4-5-13(11-20)16-18-17-12-19(16)2/h6-9,12-13H,3-5,10-11H2,1-2H3/t13-/m0/s1. The van der Waals surface area contributed by atoms with Crippen LogP contribution in [0.3, 0.4) is 0 Å². The first-order valence-corrected chi connectivity index (χ1v) is 9.53. The van der Waals surface area contributed by atoms with Crippen LogP contribution in [0, 0.1) is 0 Å². The van der Waals surface area contributed by atoms with Gasteiger partial charge < -0.3 is 9.30 Å². The molecule has 24 heavy (non-hydrogen) atoms. The van der Waals surface area contributed by atoms with Crippen LogP contribution < -0.4 is 4.74 Å². The lowest BCUT2D eigenvalue weighted by Crippen LogP contribution is -2.39. The molecule has 3 rings (SSSR count). The average molecular weight is 350 g/mol. The molecule has 1 aliphatic rings. The van der Waals surface area contributed by atoms with Gasteiger partial charge in [-0.15, -0.1) is 10.2 Å². The molecule has 0 spiro atoms. The third-order valence-electron chi connectivity index (χ3n) is 4.27. The van der Waals surface area contributed by atoms with Crippen molar-refractivity contribution in [3.8, 4) is 5.75 Å². The van der Waals surface area contributed by atoms with Gasteiger partial charge in [0.1, 0.15) is 17.9 Å². The highest BCUT2D eigenvalue weighted by Crippen LogP contribution is 2.29. The van der Waals surface area contributed by atoms with Crippen molar-refractivity contribution < 1.29 is 13.2 Å². The summed E-state index contributed by atoms with van der Waals surface area (Å²) < 4.78 is 34.6. The number of hydrogen-bond acceptors (Lipinski definition) is 5. The van der Waals surface area contributed by atoms with Crippen molar-refractivity contribution in [2.45, 2.75) is 30.6 Å². The van der Waals surface area contributed by atoms with E-state index in [2.05, 4.69) is 10.2 Å². The Hall–Kier alpha value is -1.93. The van der Waals surface area contributed by atoms with Crippen LogP contribution >= 0.6 is 0 Å². The minimum Gasteiger partial charge on any atom is -0.494 e. The molecule has 1 aromatic carbocycles. The average Bonchev–Trinajstić information content (AvgIpc) is 3.02. The van der Waals surface area contributed by atoms with Crippen molar-refractivity contribution in [2.24, 2.45) is 7.05 Å². The predicted molar refractivity (Wildman–Crippen MR) is 89.3 cm³/mol. The molecular weight excluding hydrogens is 328 g/mol. The van der Waals surface area contributed by atoms with Crippen molar-refractivity contribution in [3.63, 3.8) is 0 Å². The van der Waals surface area contributed by atoms with Gasteiger partial charge in [-0.3, -0.25) is 0 Å². The highest BCUT2D eigenvalue weighted by molar-refractivity contribution is 7.89. The summed E-state index contributed by atoms with van der Waals surface area (Å²) in [7, 11) is -1.63. The SMILES string of the molecule is CCOc1ccc(S(=O)(=O)N2CCC[C@H](c3nncn3C)C2)cc1. The number of aromatic nitrogens is 3. The highest BCUT2D eigenvalue weighted by atomic mass is 32.2. The van der Waals surface area contributed by atoms with Gasteiger partial charge in [-0.2, -0.15) is 4.31 Å². The van der Waals surface area contributed by atoms with Crippen molar-refractivity contribution in [1.82, 2.24) is 19.1 Å². The molecule has 2 aromatic rings. The molecule has 1 aromatic heterocycles. The normalized spacial score (nSPS) is 19.3. The number of rotatable bonds is 5. The summed E-state index contributed by atoms with van der Waals surface area (Å²) in [6, 6.07) is 6.60. The number of piperidine rings is 1.